The summed E-state index contributed by atoms with van der Waals surface area (Å²) >= 11 is 0. The van der Waals surface area contributed by atoms with E-state index in [0.717, 1.165) is 32.2 Å². The highest BCUT2D eigenvalue weighted by Gasteiger charge is 2.24. The van der Waals surface area contributed by atoms with Crippen molar-refractivity contribution in [2.45, 2.75) is 52.1 Å². The quantitative estimate of drug-likeness (QED) is 0.638. The average molecular weight is 293 g/mol. The van der Waals surface area contributed by atoms with Crippen LogP contribution < -0.4 is 10.1 Å². The third-order valence-electron chi connectivity index (χ3n) is 3.86. The molecule has 1 aromatic heterocycles. The fourth-order valence-electron chi connectivity index (χ4n) is 2.61. The molecule has 0 spiro atoms. The van der Waals surface area contributed by atoms with Crippen LogP contribution in [0, 0.1) is 16.0 Å². The molecule has 1 aliphatic rings. The van der Waals surface area contributed by atoms with Crippen LogP contribution in [-0.2, 0) is 0 Å². The fourth-order valence-corrected chi connectivity index (χ4v) is 2.61. The molecular weight excluding hydrogens is 270 g/mol. The Kier molecular flexibility index (Phi) is 5.36. The van der Waals surface area contributed by atoms with Gasteiger partial charge < -0.3 is 10.1 Å². The molecule has 6 nitrogen and oxygen atoms in total. The lowest BCUT2D eigenvalue weighted by Crippen LogP contribution is -2.28. The Bertz CT molecular complexity index is 493. The number of anilines is 1. The highest BCUT2D eigenvalue weighted by Crippen LogP contribution is 2.29. The van der Waals surface area contributed by atoms with Gasteiger partial charge in [-0.15, -0.1) is 0 Å². The first kappa shape index (κ1) is 15.5. The third-order valence-corrected chi connectivity index (χ3v) is 3.86. The summed E-state index contributed by atoms with van der Waals surface area (Å²) in [6.45, 7) is 4.93. The summed E-state index contributed by atoms with van der Waals surface area (Å²) in [5, 5.41) is 14.1. The summed E-state index contributed by atoms with van der Waals surface area (Å²) in [4.78, 5) is 15.0. The van der Waals surface area contributed by atoms with E-state index in [2.05, 4.69) is 17.2 Å². The molecule has 0 amide bonds. The van der Waals surface area contributed by atoms with Crippen molar-refractivity contribution in [2.75, 3.05) is 11.9 Å². The molecule has 1 aliphatic carbocycles. The van der Waals surface area contributed by atoms with Crippen LogP contribution in [0.25, 0.3) is 0 Å². The van der Waals surface area contributed by atoms with Gasteiger partial charge in [-0.3, -0.25) is 10.1 Å². The zero-order chi connectivity index (χ0) is 15.2. The first-order chi connectivity index (χ1) is 10.1. The molecule has 1 heterocycles. The molecule has 0 aliphatic heterocycles. The van der Waals surface area contributed by atoms with E-state index >= 15 is 0 Å². The van der Waals surface area contributed by atoms with Gasteiger partial charge in [0.2, 0.25) is 5.88 Å². The van der Waals surface area contributed by atoms with Gasteiger partial charge in [0.1, 0.15) is 11.9 Å². The van der Waals surface area contributed by atoms with Crippen LogP contribution in [0.15, 0.2) is 12.1 Å². The zero-order valence-corrected chi connectivity index (χ0v) is 12.7. The van der Waals surface area contributed by atoms with E-state index in [1.54, 1.807) is 0 Å². The standard InChI is InChI=1S/C15H23N3O3/c1-3-8-16-14-9-12(18(19)20)10-15(17-14)21-13-7-5-4-6-11(13)2/h9-11,13H,3-8H2,1-2H3,(H,16,17). The molecule has 1 fully saturated rings. The molecule has 0 radical (unpaired) electrons. The summed E-state index contributed by atoms with van der Waals surface area (Å²) in [5.74, 6) is 1.32. The first-order valence-corrected chi connectivity index (χ1v) is 7.67. The monoisotopic (exact) mass is 293 g/mol. The fraction of sp³-hybridized carbons (Fsp3) is 0.667. The van der Waals surface area contributed by atoms with Gasteiger partial charge >= 0.3 is 0 Å². The molecule has 2 rings (SSSR count). The van der Waals surface area contributed by atoms with Gasteiger partial charge in [0.05, 0.1) is 17.1 Å². The van der Waals surface area contributed by atoms with Gasteiger partial charge in [-0.25, -0.2) is 0 Å². The number of aromatic nitrogens is 1. The second-order valence-electron chi connectivity index (χ2n) is 5.65. The number of hydrogen-bond donors (Lipinski definition) is 1. The summed E-state index contributed by atoms with van der Waals surface area (Å²) < 4.78 is 5.92. The molecule has 0 aromatic carbocycles. The Labute approximate surface area is 125 Å². The topological polar surface area (TPSA) is 77.3 Å². The van der Waals surface area contributed by atoms with Crippen molar-refractivity contribution in [3.05, 3.63) is 22.2 Å². The Balaban J connectivity index is 2.16. The number of nitro groups is 1. The van der Waals surface area contributed by atoms with Crippen LogP contribution in [0.1, 0.15) is 46.0 Å². The van der Waals surface area contributed by atoms with Crippen molar-refractivity contribution >= 4 is 11.5 Å². The van der Waals surface area contributed by atoms with E-state index in [0.29, 0.717) is 17.6 Å². The van der Waals surface area contributed by atoms with Crippen LogP contribution >= 0.6 is 0 Å². The van der Waals surface area contributed by atoms with Crippen molar-refractivity contribution < 1.29 is 9.66 Å². The molecule has 1 saturated carbocycles. The lowest BCUT2D eigenvalue weighted by molar-refractivity contribution is -0.384. The van der Waals surface area contributed by atoms with Crippen molar-refractivity contribution in [1.82, 2.24) is 4.98 Å². The minimum Gasteiger partial charge on any atom is -0.474 e. The minimum atomic E-state index is -0.407. The van der Waals surface area contributed by atoms with E-state index in [4.69, 9.17) is 4.74 Å². The van der Waals surface area contributed by atoms with Gasteiger partial charge in [-0.05, 0) is 31.6 Å². The normalized spacial score (nSPS) is 21.8. The highest BCUT2D eigenvalue weighted by atomic mass is 16.6. The van der Waals surface area contributed by atoms with Gasteiger partial charge in [0.25, 0.3) is 5.69 Å². The number of ether oxygens (including phenoxy) is 1. The van der Waals surface area contributed by atoms with Crippen molar-refractivity contribution in [2.24, 2.45) is 5.92 Å². The molecule has 21 heavy (non-hydrogen) atoms. The van der Waals surface area contributed by atoms with Crippen LogP contribution in [0.5, 0.6) is 5.88 Å². The van der Waals surface area contributed by atoms with E-state index in [1.165, 1.54) is 18.6 Å². The SMILES string of the molecule is CCCNc1cc([N+](=O)[O-])cc(OC2CCCCC2C)n1. The summed E-state index contributed by atoms with van der Waals surface area (Å²) in [5.41, 5.74) is 0.0158. The second-order valence-corrected chi connectivity index (χ2v) is 5.65. The van der Waals surface area contributed by atoms with Gasteiger partial charge in [-0.1, -0.05) is 20.3 Å². The molecule has 6 heteroatoms. The number of rotatable bonds is 6. The number of hydrogen-bond acceptors (Lipinski definition) is 5. The van der Waals surface area contributed by atoms with Crippen molar-refractivity contribution in [1.29, 1.82) is 0 Å². The molecule has 1 aromatic rings. The maximum Gasteiger partial charge on any atom is 0.278 e. The van der Waals surface area contributed by atoms with E-state index < -0.39 is 4.92 Å². The second kappa shape index (κ2) is 7.24. The van der Waals surface area contributed by atoms with Crippen LogP contribution in [-0.4, -0.2) is 22.6 Å². The molecular formula is C15H23N3O3. The third kappa shape index (κ3) is 4.31. The first-order valence-electron chi connectivity index (χ1n) is 7.67. The molecule has 0 saturated heterocycles. The van der Waals surface area contributed by atoms with Crippen LogP contribution in [0.3, 0.4) is 0 Å². The van der Waals surface area contributed by atoms with Gasteiger partial charge in [0, 0.05) is 6.54 Å². The van der Waals surface area contributed by atoms with E-state index in [9.17, 15) is 10.1 Å². The summed E-state index contributed by atoms with van der Waals surface area (Å²) in [6.07, 6.45) is 5.54. The summed E-state index contributed by atoms with van der Waals surface area (Å²) in [6, 6.07) is 2.87. The van der Waals surface area contributed by atoms with E-state index in [1.807, 2.05) is 6.92 Å². The van der Waals surface area contributed by atoms with E-state index in [-0.39, 0.29) is 11.8 Å². The number of nitrogens with zero attached hydrogens (tertiary/aromatic N) is 2. The van der Waals surface area contributed by atoms with Crippen molar-refractivity contribution in [3.8, 4) is 5.88 Å². The minimum absolute atomic E-state index is 0.0158. The largest absolute Gasteiger partial charge is 0.474 e. The number of nitrogens with one attached hydrogen (secondary N) is 1. The lowest BCUT2D eigenvalue weighted by Gasteiger charge is -2.28. The molecule has 1 N–H and O–H groups in total. The van der Waals surface area contributed by atoms with Crippen LogP contribution in [0.4, 0.5) is 11.5 Å². The highest BCUT2D eigenvalue weighted by molar-refractivity contribution is 5.48. The predicted molar refractivity (Wildman–Crippen MR) is 81.7 cm³/mol. The van der Waals surface area contributed by atoms with Crippen LogP contribution in [0.2, 0.25) is 0 Å². The smallest absolute Gasteiger partial charge is 0.278 e. The van der Waals surface area contributed by atoms with Crippen molar-refractivity contribution in [3.63, 3.8) is 0 Å². The maximum absolute atomic E-state index is 11.0. The molecule has 2 unspecified atom stereocenters. The predicted octanol–water partition coefficient (Wildman–Crippen LogP) is 3.77. The van der Waals surface area contributed by atoms with Gasteiger partial charge in [-0.2, -0.15) is 4.98 Å². The molecule has 0 bridgehead atoms. The average Bonchev–Trinajstić information content (AvgIpc) is 2.47. The molecule has 2 atom stereocenters. The maximum atomic E-state index is 11.0. The zero-order valence-electron chi connectivity index (χ0n) is 12.7. The Morgan fingerprint density at radius 1 is 1.43 bits per heavy atom. The van der Waals surface area contributed by atoms with Gasteiger partial charge in [0.15, 0.2) is 0 Å². The Morgan fingerprint density at radius 3 is 2.86 bits per heavy atom. The lowest BCUT2D eigenvalue weighted by atomic mass is 9.88. The Morgan fingerprint density at radius 2 is 2.19 bits per heavy atom. The number of pyridine rings is 1. The Hall–Kier alpha value is -1.85. The summed E-state index contributed by atoms with van der Waals surface area (Å²) in [7, 11) is 0. The molecule has 116 valence electrons.